The third-order valence-electron chi connectivity index (χ3n) is 3.14. The maximum atomic E-state index is 14.0. The van der Waals surface area contributed by atoms with Gasteiger partial charge in [-0.05, 0) is 0 Å². The minimum Gasteiger partial charge on any atom is -0.308 e. The molecule has 1 unspecified atom stereocenters. The highest BCUT2D eigenvalue weighted by molar-refractivity contribution is 7.80. The quantitative estimate of drug-likeness (QED) is 0.422. The van der Waals surface area contributed by atoms with Gasteiger partial charge in [0.2, 0.25) is 0 Å². The number of nitrogens with zero attached hydrogens (tertiary/aromatic N) is 2. The van der Waals surface area contributed by atoms with Crippen LogP contribution < -0.4 is 10.9 Å². The van der Waals surface area contributed by atoms with Crippen LogP contribution in [0.15, 0.2) is 0 Å². The minimum absolute atomic E-state index is 0.123. The van der Waals surface area contributed by atoms with Crippen LogP contribution in [0.25, 0.3) is 0 Å². The molecular weight excluding hydrogens is 318 g/mol. The molecule has 10 nitrogen and oxygen atoms in total. The number of nitrogens with one attached hydrogen (secondary N) is 2. The molecule has 2 rings (SSSR count). The molecule has 0 saturated carbocycles. The zero-order valence-electron chi connectivity index (χ0n) is 10.6. The Hall–Kier alpha value is -1.57. The number of hydrogen-bond donors (Lipinski definition) is 3. The SMILES string of the molecule is CNNC(=O)[C@@H]1CC(F)(F)C2CN1C(=O)N2OS(=O)(=O)O. The van der Waals surface area contributed by atoms with Gasteiger partial charge in [0, 0.05) is 13.5 Å². The standard InChI is InChI=1S/C8H12F2N4O6S/c1-11-12-6(15)4-2-8(9,10)5-3-13(4)7(16)14(5)20-21(17,18)19/h4-5,11H,2-3H2,1H3,(H,12,15)(H,17,18,19)/t4-,5?/m0/s1. The Kier molecular flexibility index (Phi) is 3.77. The summed E-state index contributed by atoms with van der Waals surface area (Å²) >= 11 is 0. The molecule has 2 saturated heterocycles. The summed E-state index contributed by atoms with van der Waals surface area (Å²) in [7, 11) is -3.81. The molecule has 3 amide bonds. The lowest BCUT2D eigenvalue weighted by atomic mass is 9.96. The molecule has 0 aromatic heterocycles. The lowest BCUT2D eigenvalue weighted by Crippen LogP contribution is -2.57. The predicted octanol–water partition coefficient (Wildman–Crippen LogP) is -1.51. The molecule has 0 aromatic carbocycles. The normalized spacial score (nSPS) is 27.9. The van der Waals surface area contributed by atoms with Gasteiger partial charge in [-0.1, -0.05) is 0 Å². The van der Waals surface area contributed by atoms with Crippen molar-refractivity contribution in [3.8, 4) is 0 Å². The van der Waals surface area contributed by atoms with Crippen molar-refractivity contribution in [2.24, 2.45) is 0 Å². The van der Waals surface area contributed by atoms with Crippen molar-refractivity contribution in [1.29, 1.82) is 0 Å². The predicted molar refractivity (Wildman–Crippen MR) is 60.9 cm³/mol. The molecule has 0 spiro atoms. The minimum atomic E-state index is -5.15. The van der Waals surface area contributed by atoms with Crippen LogP contribution >= 0.6 is 0 Å². The summed E-state index contributed by atoms with van der Waals surface area (Å²) in [6.07, 6.45) is -0.998. The molecule has 13 heteroatoms. The van der Waals surface area contributed by atoms with E-state index in [9.17, 15) is 26.8 Å². The molecule has 2 aliphatic heterocycles. The monoisotopic (exact) mass is 330 g/mol. The number of rotatable bonds is 4. The first-order chi connectivity index (χ1) is 9.57. The maximum Gasteiger partial charge on any atom is 0.418 e. The van der Waals surface area contributed by atoms with Gasteiger partial charge in [0.15, 0.2) is 0 Å². The molecule has 0 aromatic rings. The van der Waals surface area contributed by atoms with Crippen molar-refractivity contribution in [3.05, 3.63) is 0 Å². The topological polar surface area (TPSA) is 128 Å². The molecule has 0 radical (unpaired) electrons. The van der Waals surface area contributed by atoms with E-state index in [0.29, 0.717) is 0 Å². The van der Waals surface area contributed by atoms with Gasteiger partial charge in [0.1, 0.15) is 12.1 Å². The van der Waals surface area contributed by atoms with Crippen LogP contribution in [0.5, 0.6) is 0 Å². The Labute approximate surface area is 117 Å². The van der Waals surface area contributed by atoms with Crippen molar-refractivity contribution in [2.45, 2.75) is 24.4 Å². The molecule has 2 aliphatic rings. The molecule has 3 N–H and O–H groups in total. The average molecular weight is 330 g/mol. The summed E-state index contributed by atoms with van der Waals surface area (Å²) < 4.78 is 61.6. The second kappa shape index (κ2) is 5.01. The number of hydrogen-bond acceptors (Lipinski definition) is 6. The number of halogens is 2. The third kappa shape index (κ3) is 2.90. The van der Waals surface area contributed by atoms with E-state index in [2.05, 4.69) is 15.1 Å². The number of fused-ring (bicyclic) bond motifs is 2. The third-order valence-corrected chi connectivity index (χ3v) is 3.49. The first kappa shape index (κ1) is 15.8. The van der Waals surface area contributed by atoms with Crippen LogP contribution in [0.3, 0.4) is 0 Å². The first-order valence-corrected chi connectivity index (χ1v) is 7.04. The van der Waals surface area contributed by atoms with Crippen LogP contribution in [-0.2, 0) is 19.5 Å². The highest BCUT2D eigenvalue weighted by Crippen LogP contribution is 2.40. The van der Waals surface area contributed by atoms with Crippen molar-refractivity contribution >= 4 is 22.3 Å². The van der Waals surface area contributed by atoms with E-state index in [1.54, 1.807) is 0 Å². The van der Waals surface area contributed by atoms with Crippen LogP contribution in [-0.4, -0.2) is 66.5 Å². The Bertz CT molecular complexity index is 569. The first-order valence-electron chi connectivity index (χ1n) is 5.68. The second-order valence-corrected chi connectivity index (χ2v) is 5.50. The van der Waals surface area contributed by atoms with Gasteiger partial charge in [-0.2, -0.15) is 13.5 Å². The van der Waals surface area contributed by atoms with E-state index in [1.807, 2.05) is 0 Å². The molecule has 2 atom stereocenters. The number of piperidine rings is 1. The second-order valence-electron chi connectivity index (χ2n) is 4.50. The zero-order chi connectivity index (χ0) is 16.0. The summed E-state index contributed by atoms with van der Waals surface area (Å²) in [5.41, 5.74) is 4.33. The van der Waals surface area contributed by atoms with Crippen molar-refractivity contribution < 1.29 is 35.6 Å². The number of urea groups is 1. The van der Waals surface area contributed by atoms with E-state index in [4.69, 9.17) is 4.55 Å². The molecule has 2 heterocycles. The highest BCUT2D eigenvalue weighted by atomic mass is 32.3. The molecule has 0 aliphatic carbocycles. The maximum absolute atomic E-state index is 14.0. The highest BCUT2D eigenvalue weighted by Gasteiger charge is 2.62. The number of carbonyl (C=O) groups is 2. The summed E-state index contributed by atoms with van der Waals surface area (Å²) in [5, 5.41) is -0.123. The van der Waals surface area contributed by atoms with Crippen LogP contribution in [0.2, 0.25) is 0 Å². The van der Waals surface area contributed by atoms with Gasteiger partial charge in [0.25, 0.3) is 11.8 Å². The van der Waals surface area contributed by atoms with Crippen LogP contribution in [0.1, 0.15) is 6.42 Å². The van der Waals surface area contributed by atoms with Crippen LogP contribution in [0.4, 0.5) is 13.6 Å². The molecular formula is C8H12F2N4O6S. The molecule has 2 fully saturated rings. The van der Waals surface area contributed by atoms with E-state index >= 15 is 0 Å². The smallest absolute Gasteiger partial charge is 0.308 e. The fourth-order valence-corrected chi connectivity index (χ4v) is 2.66. The Morgan fingerprint density at radius 1 is 1.52 bits per heavy atom. The van der Waals surface area contributed by atoms with E-state index in [-0.39, 0.29) is 5.06 Å². The summed E-state index contributed by atoms with van der Waals surface area (Å²) in [6.45, 7) is -0.608. The lowest BCUT2D eigenvalue weighted by Gasteiger charge is -2.34. The lowest BCUT2D eigenvalue weighted by molar-refractivity contribution is -0.154. The van der Waals surface area contributed by atoms with Crippen molar-refractivity contribution in [2.75, 3.05) is 13.6 Å². The Balaban J connectivity index is 2.31. The van der Waals surface area contributed by atoms with E-state index in [0.717, 1.165) is 4.90 Å². The molecule has 120 valence electrons. The fraction of sp³-hybridized carbons (Fsp3) is 0.750. The van der Waals surface area contributed by atoms with Gasteiger partial charge in [0.05, 0.1) is 6.54 Å². The van der Waals surface area contributed by atoms with Crippen molar-refractivity contribution in [3.63, 3.8) is 0 Å². The van der Waals surface area contributed by atoms with Crippen molar-refractivity contribution in [1.82, 2.24) is 20.8 Å². The number of amides is 3. The number of hydrazine groups is 1. The zero-order valence-corrected chi connectivity index (χ0v) is 11.4. The van der Waals surface area contributed by atoms with Gasteiger partial charge in [-0.3, -0.25) is 14.8 Å². The van der Waals surface area contributed by atoms with Gasteiger partial charge < -0.3 is 4.90 Å². The number of alkyl halides is 2. The van der Waals surface area contributed by atoms with Gasteiger partial charge in [-0.25, -0.2) is 19.0 Å². The van der Waals surface area contributed by atoms with E-state index < -0.39 is 53.3 Å². The van der Waals surface area contributed by atoms with E-state index in [1.165, 1.54) is 7.05 Å². The van der Waals surface area contributed by atoms with Crippen LogP contribution in [0, 0.1) is 0 Å². The molecule has 21 heavy (non-hydrogen) atoms. The average Bonchev–Trinajstić information content (AvgIpc) is 2.60. The Morgan fingerprint density at radius 3 is 2.67 bits per heavy atom. The number of hydroxylamine groups is 2. The molecule has 2 bridgehead atoms. The summed E-state index contributed by atoms with van der Waals surface area (Å²) in [4.78, 5) is 24.3. The van der Waals surface area contributed by atoms with Gasteiger partial charge in [-0.15, -0.1) is 4.28 Å². The summed E-state index contributed by atoms with van der Waals surface area (Å²) in [6, 6.07) is -4.65. The largest absolute Gasteiger partial charge is 0.418 e. The summed E-state index contributed by atoms with van der Waals surface area (Å²) in [5.74, 6) is -4.44. The van der Waals surface area contributed by atoms with Gasteiger partial charge >= 0.3 is 16.4 Å². The fourth-order valence-electron chi connectivity index (χ4n) is 2.29. The Morgan fingerprint density at radius 2 is 2.14 bits per heavy atom. The number of carbonyl (C=O) groups excluding carboxylic acids is 2.